The third-order valence-electron chi connectivity index (χ3n) is 4.98. The molecule has 3 heterocycles. The Hall–Kier alpha value is -2.32. The van der Waals surface area contributed by atoms with E-state index < -0.39 is 15.4 Å². The number of aryl methyl sites for hydroxylation is 1. The van der Waals surface area contributed by atoms with Crippen LogP contribution in [0.2, 0.25) is 0 Å². The Balaban J connectivity index is 1.77. The van der Waals surface area contributed by atoms with Gasteiger partial charge in [-0.2, -0.15) is 4.31 Å². The summed E-state index contributed by atoms with van der Waals surface area (Å²) in [6.07, 6.45) is 1.96. The highest BCUT2D eigenvalue weighted by molar-refractivity contribution is 7.89. The highest BCUT2D eigenvalue weighted by Crippen LogP contribution is 2.40. The minimum absolute atomic E-state index is 0.0230. The van der Waals surface area contributed by atoms with Crippen molar-refractivity contribution in [2.45, 2.75) is 24.7 Å². The molecule has 8 heteroatoms. The van der Waals surface area contributed by atoms with Gasteiger partial charge in [-0.25, -0.2) is 8.42 Å². The fourth-order valence-electron chi connectivity index (χ4n) is 3.70. The van der Waals surface area contributed by atoms with Gasteiger partial charge in [0.05, 0.1) is 10.9 Å². The summed E-state index contributed by atoms with van der Waals surface area (Å²) < 4.78 is 27.7. The lowest BCUT2D eigenvalue weighted by Crippen LogP contribution is -2.36. The zero-order chi connectivity index (χ0) is 17.8. The van der Waals surface area contributed by atoms with E-state index in [0.717, 1.165) is 10.9 Å². The number of rotatable bonds is 2. The van der Waals surface area contributed by atoms with Crippen LogP contribution >= 0.6 is 0 Å². The number of benzene rings is 1. The van der Waals surface area contributed by atoms with Crippen molar-refractivity contribution in [3.63, 3.8) is 0 Å². The van der Waals surface area contributed by atoms with Crippen LogP contribution < -0.4 is 5.32 Å². The van der Waals surface area contributed by atoms with Gasteiger partial charge in [-0.1, -0.05) is 6.07 Å². The summed E-state index contributed by atoms with van der Waals surface area (Å²) in [5.74, 6) is -0.714. The summed E-state index contributed by atoms with van der Waals surface area (Å²) >= 11 is 0. The highest BCUT2D eigenvalue weighted by atomic mass is 32.2. The molecule has 1 spiro atoms. The fraction of sp³-hybridized carbons (Fsp3) is 0.353. The molecular formula is C17H17N3O4S. The van der Waals surface area contributed by atoms with E-state index in [2.05, 4.69) is 10.3 Å². The third-order valence-corrected chi connectivity index (χ3v) is 6.84. The number of sulfonamides is 1. The molecule has 2 fully saturated rings. The summed E-state index contributed by atoms with van der Waals surface area (Å²) in [5.41, 5.74) is 0.305. The van der Waals surface area contributed by atoms with E-state index in [1.165, 1.54) is 4.31 Å². The molecule has 0 radical (unpaired) electrons. The number of hydrogen-bond donors (Lipinski definition) is 1. The van der Waals surface area contributed by atoms with Gasteiger partial charge in [-0.05, 0) is 37.1 Å². The Bertz CT molecular complexity index is 1020. The summed E-state index contributed by atoms with van der Waals surface area (Å²) in [7, 11) is -3.81. The van der Waals surface area contributed by atoms with E-state index in [4.69, 9.17) is 0 Å². The van der Waals surface area contributed by atoms with Crippen molar-refractivity contribution in [2.24, 2.45) is 5.41 Å². The Morgan fingerprint density at radius 2 is 2.08 bits per heavy atom. The molecule has 2 aliphatic rings. The lowest BCUT2D eigenvalue weighted by Gasteiger charge is -2.21. The molecule has 1 unspecified atom stereocenters. The van der Waals surface area contributed by atoms with Gasteiger partial charge in [0.15, 0.2) is 0 Å². The first kappa shape index (κ1) is 16.2. The molecule has 0 aliphatic carbocycles. The monoisotopic (exact) mass is 359 g/mol. The van der Waals surface area contributed by atoms with Gasteiger partial charge < -0.3 is 0 Å². The average molecular weight is 359 g/mol. The second-order valence-electron chi connectivity index (χ2n) is 6.76. The lowest BCUT2D eigenvalue weighted by molar-refractivity contribution is -0.128. The Morgan fingerprint density at radius 1 is 1.28 bits per heavy atom. The van der Waals surface area contributed by atoms with Gasteiger partial charge in [0.1, 0.15) is 4.90 Å². The molecule has 7 nitrogen and oxygen atoms in total. The van der Waals surface area contributed by atoms with Gasteiger partial charge in [0.25, 0.3) is 0 Å². The number of nitrogens with one attached hydrogen (secondary N) is 1. The van der Waals surface area contributed by atoms with Crippen molar-refractivity contribution < 1.29 is 18.0 Å². The third kappa shape index (κ3) is 2.44. The van der Waals surface area contributed by atoms with Crippen LogP contribution in [0.15, 0.2) is 35.4 Å². The molecule has 1 atom stereocenters. The molecule has 1 aromatic carbocycles. The number of amides is 2. The molecule has 4 rings (SSSR count). The molecule has 0 saturated carbocycles. The summed E-state index contributed by atoms with van der Waals surface area (Å²) in [6.45, 7) is 2.07. The van der Waals surface area contributed by atoms with Crippen LogP contribution in [0, 0.1) is 12.3 Å². The first-order valence-corrected chi connectivity index (χ1v) is 9.46. The van der Waals surface area contributed by atoms with Gasteiger partial charge in [-0.3, -0.25) is 19.9 Å². The van der Waals surface area contributed by atoms with Crippen molar-refractivity contribution in [2.75, 3.05) is 13.1 Å². The van der Waals surface area contributed by atoms with E-state index >= 15 is 0 Å². The van der Waals surface area contributed by atoms with E-state index in [1.807, 2.05) is 19.1 Å². The van der Waals surface area contributed by atoms with Crippen LogP contribution in [0.5, 0.6) is 0 Å². The maximum Gasteiger partial charge on any atom is 0.245 e. The zero-order valence-electron chi connectivity index (χ0n) is 13.7. The number of pyridine rings is 1. The second-order valence-corrected chi connectivity index (χ2v) is 8.67. The maximum atomic E-state index is 13.2. The topological polar surface area (TPSA) is 96.4 Å². The first-order valence-electron chi connectivity index (χ1n) is 8.02. The van der Waals surface area contributed by atoms with Crippen molar-refractivity contribution in [1.29, 1.82) is 0 Å². The SMILES string of the molecule is Cc1cc(S(=O)(=O)N2CCC3(CC(=O)NC3=O)C2)c2ncccc2c1. The van der Waals surface area contributed by atoms with Crippen molar-refractivity contribution >= 4 is 32.7 Å². The van der Waals surface area contributed by atoms with Gasteiger partial charge >= 0.3 is 0 Å². The number of carbonyl (C=O) groups is 2. The van der Waals surface area contributed by atoms with E-state index in [1.54, 1.807) is 18.3 Å². The summed E-state index contributed by atoms with van der Waals surface area (Å²) in [5, 5.41) is 3.04. The van der Waals surface area contributed by atoms with Gasteiger partial charge in [0.2, 0.25) is 21.8 Å². The molecule has 2 aliphatic heterocycles. The summed E-state index contributed by atoms with van der Waals surface area (Å²) in [4.78, 5) is 28.0. The van der Waals surface area contributed by atoms with Crippen LogP contribution in [0.3, 0.4) is 0 Å². The van der Waals surface area contributed by atoms with Crippen LogP contribution in [-0.2, 0) is 19.6 Å². The largest absolute Gasteiger partial charge is 0.296 e. The Labute approximate surface area is 145 Å². The molecular weight excluding hydrogens is 342 g/mol. The number of nitrogens with zero attached hydrogens (tertiary/aromatic N) is 2. The number of carbonyl (C=O) groups excluding carboxylic acids is 2. The van der Waals surface area contributed by atoms with E-state index in [-0.39, 0.29) is 36.2 Å². The van der Waals surface area contributed by atoms with Gasteiger partial charge in [-0.15, -0.1) is 0 Å². The lowest BCUT2D eigenvalue weighted by atomic mass is 9.86. The molecule has 2 amide bonds. The van der Waals surface area contributed by atoms with Crippen molar-refractivity contribution in [3.8, 4) is 0 Å². The predicted molar refractivity (Wildman–Crippen MR) is 90.1 cm³/mol. The van der Waals surface area contributed by atoms with E-state index in [9.17, 15) is 18.0 Å². The molecule has 2 saturated heterocycles. The first-order chi connectivity index (χ1) is 11.8. The highest BCUT2D eigenvalue weighted by Gasteiger charge is 2.53. The Kier molecular flexibility index (Phi) is 3.45. The fourth-order valence-corrected chi connectivity index (χ4v) is 5.47. The molecule has 1 aromatic heterocycles. The zero-order valence-corrected chi connectivity index (χ0v) is 14.5. The minimum atomic E-state index is -3.81. The van der Waals surface area contributed by atoms with Crippen molar-refractivity contribution in [3.05, 3.63) is 36.0 Å². The minimum Gasteiger partial charge on any atom is -0.296 e. The van der Waals surface area contributed by atoms with E-state index in [0.29, 0.717) is 11.9 Å². The quantitative estimate of drug-likeness (QED) is 0.806. The summed E-state index contributed by atoms with van der Waals surface area (Å²) in [6, 6.07) is 7.08. The van der Waals surface area contributed by atoms with Crippen LogP contribution in [0.25, 0.3) is 10.9 Å². The molecule has 130 valence electrons. The van der Waals surface area contributed by atoms with Crippen LogP contribution in [-0.4, -0.2) is 42.6 Å². The Morgan fingerprint density at radius 3 is 2.80 bits per heavy atom. The number of aromatic nitrogens is 1. The standard InChI is InChI=1S/C17H17N3O4S/c1-11-7-12-3-2-5-18-15(12)13(8-11)25(23,24)20-6-4-17(10-20)9-14(21)19-16(17)22/h2-3,5,7-8H,4,6,9-10H2,1H3,(H,19,21,22). The number of hydrogen-bond acceptors (Lipinski definition) is 5. The molecule has 2 aromatic rings. The predicted octanol–water partition coefficient (Wildman–Crippen LogP) is 0.971. The maximum absolute atomic E-state index is 13.2. The van der Waals surface area contributed by atoms with Crippen LogP contribution in [0.1, 0.15) is 18.4 Å². The number of fused-ring (bicyclic) bond motifs is 1. The van der Waals surface area contributed by atoms with Crippen molar-refractivity contribution in [1.82, 2.24) is 14.6 Å². The van der Waals surface area contributed by atoms with Gasteiger partial charge in [0, 0.05) is 31.1 Å². The molecule has 25 heavy (non-hydrogen) atoms. The average Bonchev–Trinajstić information content (AvgIpc) is 3.11. The van der Waals surface area contributed by atoms with Crippen LogP contribution in [0.4, 0.5) is 0 Å². The smallest absolute Gasteiger partial charge is 0.245 e. The number of imide groups is 1. The normalized spacial score (nSPS) is 24.4. The molecule has 1 N–H and O–H groups in total. The molecule has 0 bridgehead atoms. The second kappa shape index (κ2) is 5.34.